The molecular weight excluding hydrogens is 342 g/mol. The van der Waals surface area contributed by atoms with E-state index >= 15 is 0 Å². The van der Waals surface area contributed by atoms with Crippen molar-refractivity contribution in [1.82, 2.24) is 9.80 Å². The van der Waals surface area contributed by atoms with Crippen molar-refractivity contribution in [1.29, 1.82) is 0 Å². The maximum absolute atomic E-state index is 7.09. The molecule has 3 heteroatoms. The second kappa shape index (κ2) is 9.37. The van der Waals surface area contributed by atoms with Crippen molar-refractivity contribution in [2.24, 2.45) is 5.92 Å². The molecule has 1 saturated heterocycles. The van der Waals surface area contributed by atoms with Crippen LogP contribution in [0.15, 0.2) is 54.6 Å². The minimum atomic E-state index is 0.585. The highest BCUT2D eigenvalue weighted by Gasteiger charge is 2.32. The summed E-state index contributed by atoms with van der Waals surface area (Å²) in [6.45, 7) is 12.6. The molecule has 2 aromatic carbocycles. The van der Waals surface area contributed by atoms with Gasteiger partial charge in [0.25, 0.3) is 0 Å². The molecule has 3 nitrogen and oxygen atoms in total. The fourth-order valence-corrected chi connectivity index (χ4v) is 5.01. The maximum Gasteiger partial charge on any atom is 0.187 e. The third-order valence-corrected chi connectivity index (χ3v) is 6.51. The van der Waals surface area contributed by atoms with Gasteiger partial charge in [-0.3, -0.25) is 9.80 Å². The lowest BCUT2D eigenvalue weighted by Crippen LogP contribution is -2.48. The van der Waals surface area contributed by atoms with Crippen molar-refractivity contribution in [2.45, 2.75) is 44.7 Å². The second-order valence-electron chi connectivity index (χ2n) is 8.34. The monoisotopic (exact) mass is 373 g/mol. The lowest BCUT2D eigenvalue weighted by molar-refractivity contribution is 0.0547. The van der Waals surface area contributed by atoms with E-state index in [1.807, 2.05) is 12.1 Å². The first-order chi connectivity index (χ1) is 13.8. The summed E-state index contributed by atoms with van der Waals surface area (Å²) in [5, 5.41) is 0. The molecule has 1 aliphatic carbocycles. The Balaban J connectivity index is 1.40. The van der Waals surface area contributed by atoms with Crippen LogP contribution in [0.25, 0.3) is 4.85 Å². The summed E-state index contributed by atoms with van der Waals surface area (Å²) in [5.74, 6) is 0.809. The smallest absolute Gasteiger partial charge is 0.187 e. The van der Waals surface area contributed by atoms with Crippen LogP contribution in [0.2, 0.25) is 0 Å². The van der Waals surface area contributed by atoms with E-state index in [4.69, 9.17) is 6.57 Å². The highest BCUT2D eigenvalue weighted by Crippen LogP contribution is 2.38. The molecule has 0 aromatic heterocycles. The molecule has 0 bridgehead atoms. The lowest BCUT2D eigenvalue weighted by Gasteiger charge is -2.43. The predicted octanol–water partition coefficient (Wildman–Crippen LogP) is 5.68. The van der Waals surface area contributed by atoms with Gasteiger partial charge in [-0.05, 0) is 29.9 Å². The summed E-state index contributed by atoms with van der Waals surface area (Å²) in [5.41, 5.74) is 3.55. The Kier molecular flexibility index (Phi) is 6.41. The van der Waals surface area contributed by atoms with Crippen LogP contribution >= 0.6 is 0 Å². The SMILES string of the molecule is [C-]#[N+]c1ccc(CN2CCN(C(c3ccccc3)C3CCCCC3)CC2)cc1. The van der Waals surface area contributed by atoms with Crippen LogP contribution in [0.5, 0.6) is 0 Å². The average Bonchev–Trinajstić information content (AvgIpc) is 2.77. The molecule has 0 radical (unpaired) electrons. The molecule has 1 heterocycles. The van der Waals surface area contributed by atoms with Gasteiger partial charge in [0, 0.05) is 38.8 Å². The quantitative estimate of drug-likeness (QED) is 0.625. The van der Waals surface area contributed by atoms with Gasteiger partial charge in [-0.2, -0.15) is 0 Å². The molecule has 146 valence electrons. The normalized spacial score (nSPS) is 20.5. The third kappa shape index (κ3) is 4.63. The Morgan fingerprint density at radius 2 is 1.54 bits per heavy atom. The predicted molar refractivity (Wildman–Crippen MR) is 115 cm³/mol. The van der Waals surface area contributed by atoms with Gasteiger partial charge < -0.3 is 0 Å². The molecule has 0 amide bonds. The Morgan fingerprint density at radius 3 is 2.18 bits per heavy atom. The molecule has 0 spiro atoms. The van der Waals surface area contributed by atoms with E-state index in [0.29, 0.717) is 6.04 Å². The maximum atomic E-state index is 7.09. The minimum Gasteiger partial charge on any atom is -0.297 e. The summed E-state index contributed by atoms with van der Waals surface area (Å²) in [4.78, 5) is 8.81. The van der Waals surface area contributed by atoms with Gasteiger partial charge in [0.15, 0.2) is 5.69 Å². The first kappa shape index (κ1) is 19.2. The number of piperazine rings is 1. The van der Waals surface area contributed by atoms with Crippen LogP contribution in [0, 0.1) is 12.5 Å². The van der Waals surface area contributed by atoms with Gasteiger partial charge in [0.2, 0.25) is 0 Å². The van der Waals surface area contributed by atoms with E-state index in [1.165, 1.54) is 43.2 Å². The van der Waals surface area contributed by atoms with Crippen LogP contribution in [0.1, 0.15) is 49.3 Å². The molecule has 1 unspecified atom stereocenters. The number of rotatable bonds is 5. The summed E-state index contributed by atoms with van der Waals surface area (Å²) in [7, 11) is 0. The van der Waals surface area contributed by atoms with Crippen LogP contribution in [-0.4, -0.2) is 36.0 Å². The van der Waals surface area contributed by atoms with Crippen molar-refractivity contribution < 1.29 is 0 Å². The van der Waals surface area contributed by atoms with Gasteiger partial charge in [-0.25, -0.2) is 4.85 Å². The molecular formula is C25H31N3. The fraction of sp³-hybridized carbons (Fsp3) is 0.480. The van der Waals surface area contributed by atoms with E-state index in [-0.39, 0.29) is 0 Å². The highest BCUT2D eigenvalue weighted by atomic mass is 15.3. The molecule has 2 aliphatic rings. The zero-order valence-electron chi connectivity index (χ0n) is 16.8. The molecule has 4 rings (SSSR count). The van der Waals surface area contributed by atoms with Crippen LogP contribution in [-0.2, 0) is 6.54 Å². The van der Waals surface area contributed by atoms with E-state index < -0.39 is 0 Å². The summed E-state index contributed by atoms with van der Waals surface area (Å²) in [6, 6.07) is 19.9. The van der Waals surface area contributed by atoms with Gasteiger partial charge in [0.05, 0.1) is 6.57 Å². The van der Waals surface area contributed by atoms with Crippen molar-refractivity contribution in [2.75, 3.05) is 26.2 Å². The standard InChI is InChI=1S/C25H31N3/c1-26-24-14-12-21(13-15-24)20-27-16-18-28(19-17-27)25(22-8-4-2-5-9-22)23-10-6-3-7-11-23/h2,4-5,8-9,12-15,23,25H,3,6-7,10-11,16-20H2. The first-order valence-electron chi connectivity index (χ1n) is 10.8. The minimum absolute atomic E-state index is 0.585. The molecule has 0 N–H and O–H groups in total. The zero-order chi connectivity index (χ0) is 19.2. The largest absolute Gasteiger partial charge is 0.297 e. The van der Waals surface area contributed by atoms with Gasteiger partial charge in [-0.1, -0.05) is 73.9 Å². The van der Waals surface area contributed by atoms with Crippen molar-refractivity contribution in [3.63, 3.8) is 0 Å². The van der Waals surface area contributed by atoms with E-state index in [9.17, 15) is 0 Å². The molecule has 1 aliphatic heterocycles. The first-order valence-corrected chi connectivity index (χ1v) is 10.8. The zero-order valence-corrected chi connectivity index (χ0v) is 16.8. The number of hydrogen-bond donors (Lipinski definition) is 0. The Morgan fingerprint density at radius 1 is 0.857 bits per heavy atom. The van der Waals surface area contributed by atoms with Crippen LogP contribution < -0.4 is 0 Å². The van der Waals surface area contributed by atoms with E-state index in [0.717, 1.165) is 44.3 Å². The van der Waals surface area contributed by atoms with Gasteiger partial charge >= 0.3 is 0 Å². The molecule has 28 heavy (non-hydrogen) atoms. The topological polar surface area (TPSA) is 10.8 Å². The summed E-state index contributed by atoms with van der Waals surface area (Å²) in [6.07, 6.45) is 6.97. The van der Waals surface area contributed by atoms with E-state index in [2.05, 4.69) is 57.1 Å². The molecule has 2 fully saturated rings. The highest BCUT2D eigenvalue weighted by molar-refractivity contribution is 5.45. The molecule has 2 aromatic rings. The van der Waals surface area contributed by atoms with Crippen LogP contribution in [0.3, 0.4) is 0 Å². The third-order valence-electron chi connectivity index (χ3n) is 6.51. The van der Waals surface area contributed by atoms with E-state index in [1.54, 1.807) is 0 Å². The number of hydrogen-bond acceptors (Lipinski definition) is 2. The van der Waals surface area contributed by atoms with Crippen LogP contribution in [0.4, 0.5) is 5.69 Å². The fourth-order valence-electron chi connectivity index (χ4n) is 5.01. The van der Waals surface area contributed by atoms with Crippen molar-refractivity contribution in [3.05, 3.63) is 77.1 Å². The second-order valence-corrected chi connectivity index (χ2v) is 8.34. The number of nitrogens with zero attached hydrogens (tertiary/aromatic N) is 3. The van der Waals surface area contributed by atoms with Crippen molar-refractivity contribution >= 4 is 5.69 Å². The summed E-state index contributed by atoms with van der Waals surface area (Å²) < 4.78 is 0. The lowest BCUT2D eigenvalue weighted by atomic mass is 9.80. The number of benzene rings is 2. The Bertz CT molecular complexity index is 764. The average molecular weight is 374 g/mol. The van der Waals surface area contributed by atoms with Crippen molar-refractivity contribution in [3.8, 4) is 0 Å². The molecule has 1 atom stereocenters. The van der Waals surface area contributed by atoms with Gasteiger partial charge in [0.1, 0.15) is 0 Å². The molecule has 1 saturated carbocycles. The summed E-state index contributed by atoms with van der Waals surface area (Å²) >= 11 is 0. The Labute approximate surface area is 169 Å². The Hall–Kier alpha value is -2.15. The van der Waals surface area contributed by atoms with Gasteiger partial charge in [-0.15, -0.1) is 0 Å².